The van der Waals surface area contributed by atoms with Crippen LogP contribution in [0.25, 0.3) is 0 Å². The normalized spacial score (nSPS) is 13.2. The van der Waals surface area contributed by atoms with Crippen LogP contribution in [0, 0.1) is 0 Å². The standard InChI is InChI=1S/C83H160N4O17P2/c1-7-13-19-25-29-33-37-43-47-53-75(88)67-79(90)86-73(69-97-63-59-77(55-49-41-23-17-11-5)103-81(92)57-51-45-39-35-31-27-21-15-9-3)71-101-105(95)99-65-61-84-83(94)85-62-66-100-106(96)102-72-74(87-80(91)68-76(89)54-48-44-38-34-30-26-20-14-8-2)70-98-64-60-78(56-50-42-24-18-12-6)104-82(93)58-52-46-40-36-32-28-22-16-10-4/h73-74,77-78,105-106H,7-72H2,1-6H3,(H,86,90)(H,87,91)(H2,84,85,94)/t73-,74-,77-,78?/m1/s1. The Hall–Kier alpha value is -3.29. The van der Waals surface area contributed by atoms with Crippen LogP contribution in [0.15, 0.2) is 0 Å². The van der Waals surface area contributed by atoms with Crippen molar-refractivity contribution in [1.29, 1.82) is 0 Å². The number of carbonyl (C=O) groups excluding carboxylic acids is 7. The maximum atomic E-state index is 13.3. The van der Waals surface area contributed by atoms with Crippen LogP contribution in [0.5, 0.6) is 0 Å². The molecule has 624 valence electrons. The third kappa shape index (κ3) is 73.5. The van der Waals surface area contributed by atoms with Gasteiger partial charge >= 0.3 is 34.5 Å². The number of ketones is 2. The van der Waals surface area contributed by atoms with Crippen LogP contribution in [-0.4, -0.2) is 132 Å². The second-order valence-electron chi connectivity index (χ2n) is 29.6. The number of hydrogen-bond donors (Lipinski definition) is 4. The molecule has 21 nitrogen and oxygen atoms in total. The van der Waals surface area contributed by atoms with E-state index in [4.69, 9.17) is 37.0 Å². The van der Waals surface area contributed by atoms with E-state index in [9.17, 15) is 42.7 Å². The second kappa shape index (κ2) is 79.8. The Morgan fingerprint density at radius 2 is 0.557 bits per heavy atom. The molecule has 0 aromatic heterocycles. The zero-order chi connectivity index (χ0) is 77.7. The van der Waals surface area contributed by atoms with Crippen LogP contribution in [0.3, 0.4) is 0 Å². The number of ether oxygens (including phenoxy) is 4. The minimum Gasteiger partial charge on any atom is -0.462 e. The van der Waals surface area contributed by atoms with Crippen LogP contribution in [0.2, 0.25) is 0 Å². The van der Waals surface area contributed by atoms with Crippen LogP contribution in [-0.2, 0) is 74.9 Å². The van der Waals surface area contributed by atoms with E-state index in [2.05, 4.69) is 62.8 Å². The third-order valence-electron chi connectivity index (χ3n) is 19.2. The number of urea groups is 1. The molecule has 0 radical (unpaired) electrons. The number of rotatable bonds is 84. The Kier molecular flexibility index (Phi) is 77.3. The predicted octanol–water partition coefficient (Wildman–Crippen LogP) is 21.1. The third-order valence-corrected chi connectivity index (χ3v) is 20.9. The van der Waals surface area contributed by atoms with Crippen molar-refractivity contribution in [1.82, 2.24) is 21.3 Å². The molecule has 4 N–H and O–H groups in total. The Labute approximate surface area is 647 Å². The second-order valence-corrected chi connectivity index (χ2v) is 31.8. The molecule has 0 aromatic rings. The number of unbranched alkanes of at least 4 members (excludes halogenated alkanes) is 40. The molecule has 0 saturated carbocycles. The summed E-state index contributed by atoms with van der Waals surface area (Å²) < 4.78 is 72.2. The van der Waals surface area contributed by atoms with E-state index in [-0.39, 0.29) is 114 Å². The zero-order valence-corrected chi connectivity index (χ0v) is 70.4. The van der Waals surface area contributed by atoms with Crippen LogP contribution in [0.4, 0.5) is 4.79 Å². The van der Waals surface area contributed by atoms with Gasteiger partial charge in [-0.05, 0) is 51.4 Å². The molecular weight excluding hydrogens is 1390 g/mol. The van der Waals surface area contributed by atoms with Gasteiger partial charge in [0.2, 0.25) is 11.8 Å². The highest BCUT2D eigenvalue weighted by Gasteiger charge is 2.22. The Morgan fingerprint density at radius 1 is 0.292 bits per heavy atom. The topological polar surface area (TPSA) is 276 Å². The molecule has 6 atom stereocenters. The van der Waals surface area contributed by atoms with E-state index in [0.29, 0.717) is 38.5 Å². The molecule has 0 bridgehead atoms. The number of amides is 4. The molecule has 106 heavy (non-hydrogen) atoms. The molecule has 0 aliphatic heterocycles. The highest BCUT2D eigenvalue weighted by Crippen LogP contribution is 2.26. The quantitative estimate of drug-likeness (QED) is 0.0191. The molecule has 0 rings (SSSR count). The summed E-state index contributed by atoms with van der Waals surface area (Å²) in [5, 5.41) is 10.9. The zero-order valence-electron chi connectivity index (χ0n) is 68.4. The number of Topliss-reactive ketones (excluding diaryl/α,β-unsaturated/α-hetero) is 2. The minimum absolute atomic E-state index is 0.0206. The average Bonchev–Trinajstić information content (AvgIpc) is 0.961. The fourth-order valence-corrected chi connectivity index (χ4v) is 14.1. The van der Waals surface area contributed by atoms with Crippen molar-refractivity contribution in [2.24, 2.45) is 0 Å². The lowest BCUT2D eigenvalue weighted by Crippen LogP contribution is -2.42. The molecule has 0 aliphatic rings. The SMILES string of the molecule is CCCCCCCCCCCC(=O)CC(=O)N[C@H](COCCC(CCCCCCC)OC(=O)CCCCCCCCCCC)CO[PH](=O)OCCNC(=O)NCCO[PH](=O)OC[C@@H](COCC[C@@H](CCCCCCC)OC(=O)CCCCCCCCCCC)NC(=O)CC(=O)CCCCCCCCCCC. The Balaban J connectivity index is 5.52. The molecule has 3 unspecified atom stereocenters. The first-order valence-corrected chi connectivity index (χ1v) is 45.9. The van der Waals surface area contributed by atoms with Gasteiger partial charge in [0.15, 0.2) is 0 Å². The summed E-state index contributed by atoms with van der Waals surface area (Å²) in [6, 6.07) is -2.16. The van der Waals surface area contributed by atoms with E-state index in [1.54, 1.807) is 0 Å². The van der Waals surface area contributed by atoms with Gasteiger partial charge in [-0.2, -0.15) is 0 Å². The van der Waals surface area contributed by atoms with Gasteiger partial charge in [0, 0.05) is 51.6 Å². The van der Waals surface area contributed by atoms with Crippen LogP contribution < -0.4 is 21.3 Å². The maximum absolute atomic E-state index is 13.3. The van der Waals surface area contributed by atoms with E-state index in [0.717, 1.165) is 167 Å². The van der Waals surface area contributed by atoms with Crippen molar-refractivity contribution in [3.05, 3.63) is 0 Å². The summed E-state index contributed by atoms with van der Waals surface area (Å²) in [4.78, 5) is 91.1. The van der Waals surface area contributed by atoms with E-state index >= 15 is 0 Å². The average molecular weight is 1550 g/mol. The van der Waals surface area contributed by atoms with Gasteiger partial charge in [0.05, 0.1) is 77.8 Å². The highest BCUT2D eigenvalue weighted by atomic mass is 31.1. The van der Waals surface area contributed by atoms with Gasteiger partial charge in [0.1, 0.15) is 23.8 Å². The first-order chi connectivity index (χ1) is 51.7. The molecule has 23 heteroatoms. The lowest BCUT2D eigenvalue weighted by Gasteiger charge is -2.21. The van der Waals surface area contributed by atoms with Crippen molar-refractivity contribution in [3.63, 3.8) is 0 Å². The van der Waals surface area contributed by atoms with Gasteiger partial charge in [-0.1, -0.05) is 298 Å². The first-order valence-electron chi connectivity index (χ1n) is 43.5. The molecule has 0 aliphatic carbocycles. The molecule has 0 spiro atoms. The number of esters is 2. The summed E-state index contributed by atoms with van der Waals surface area (Å²) in [6.07, 6.45) is 54.2. The summed E-state index contributed by atoms with van der Waals surface area (Å²) in [5.74, 6) is -1.69. The largest absolute Gasteiger partial charge is 0.462 e. The molecule has 0 saturated heterocycles. The van der Waals surface area contributed by atoms with Crippen molar-refractivity contribution in [3.8, 4) is 0 Å². The Bertz CT molecular complexity index is 1990. The highest BCUT2D eigenvalue weighted by molar-refractivity contribution is 7.33. The predicted molar refractivity (Wildman–Crippen MR) is 431 cm³/mol. The first kappa shape index (κ1) is 103. The van der Waals surface area contributed by atoms with Crippen molar-refractivity contribution < 1.29 is 79.7 Å². The van der Waals surface area contributed by atoms with Crippen LogP contribution >= 0.6 is 16.5 Å². The smallest absolute Gasteiger partial charge is 0.319 e. The van der Waals surface area contributed by atoms with Crippen molar-refractivity contribution in [2.45, 2.75) is 425 Å². The van der Waals surface area contributed by atoms with E-state index in [1.807, 2.05) is 0 Å². The van der Waals surface area contributed by atoms with Gasteiger partial charge in [-0.3, -0.25) is 37.9 Å². The van der Waals surface area contributed by atoms with Crippen molar-refractivity contribution >= 4 is 57.9 Å². The van der Waals surface area contributed by atoms with Crippen LogP contribution in [0.1, 0.15) is 401 Å². The molecule has 0 fully saturated rings. The number of hydrogen-bond acceptors (Lipinski definition) is 17. The lowest BCUT2D eigenvalue weighted by molar-refractivity contribution is -0.151. The number of nitrogens with one attached hydrogen (secondary N) is 4. The fourth-order valence-electron chi connectivity index (χ4n) is 12.7. The molecular formula is C83H160N4O17P2. The molecule has 4 amide bonds. The summed E-state index contributed by atoms with van der Waals surface area (Å²) >= 11 is 0. The maximum Gasteiger partial charge on any atom is 0.319 e. The van der Waals surface area contributed by atoms with Gasteiger partial charge < -0.3 is 58.3 Å². The molecule has 0 heterocycles. The van der Waals surface area contributed by atoms with Gasteiger partial charge in [0.25, 0.3) is 0 Å². The molecule has 0 aromatic carbocycles. The number of carbonyl (C=O) groups is 7. The van der Waals surface area contributed by atoms with Gasteiger partial charge in [-0.25, -0.2) is 4.79 Å². The summed E-state index contributed by atoms with van der Waals surface area (Å²) in [5.41, 5.74) is 0. The van der Waals surface area contributed by atoms with E-state index < -0.39 is 46.4 Å². The van der Waals surface area contributed by atoms with Crippen molar-refractivity contribution in [2.75, 3.05) is 65.9 Å². The lowest BCUT2D eigenvalue weighted by atomic mass is 10.0. The summed E-state index contributed by atoms with van der Waals surface area (Å²) in [6.45, 7) is 12.7. The fraction of sp³-hybridized carbons (Fsp3) is 0.916. The summed E-state index contributed by atoms with van der Waals surface area (Å²) in [7, 11) is -6.26. The Morgan fingerprint density at radius 3 is 0.849 bits per heavy atom. The van der Waals surface area contributed by atoms with E-state index in [1.165, 1.54) is 141 Å². The minimum atomic E-state index is -3.13. The van der Waals surface area contributed by atoms with Gasteiger partial charge in [-0.15, -0.1) is 0 Å². The monoisotopic (exact) mass is 1550 g/mol.